The van der Waals surface area contributed by atoms with Gasteiger partial charge in [-0.25, -0.2) is 14.8 Å². The monoisotopic (exact) mass is 332 g/mol. The van der Waals surface area contributed by atoms with Gasteiger partial charge in [-0.1, -0.05) is 0 Å². The van der Waals surface area contributed by atoms with Crippen LogP contribution in [0.2, 0.25) is 0 Å². The maximum Gasteiger partial charge on any atom is 0.339 e. The zero-order valence-corrected chi connectivity index (χ0v) is 13.5. The second kappa shape index (κ2) is 5.51. The van der Waals surface area contributed by atoms with E-state index in [4.69, 9.17) is 5.11 Å². The quantitative estimate of drug-likeness (QED) is 0.758. The Kier molecular flexibility index (Phi) is 3.67. The summed E-state index contributed by atoms with van der Waals surface area (Å²) in [4.78, 5) is 21.1. The first-order valence-corrected chi connectivity index (χ1v) is 8.12. The number of phenols is 1. The molecule has 0 fully saturated rings. The number of rotatable bonds is 3. The molecule has 0 spiro atoms. The highest BCUT2D eigenvalue weighted by molar-refractivity contribution is 7.16. The number of carboxylic acid groups (broad SMARTS) is 1. The lowest BCUT2D eigenvalue weighted by Crippen LogP contribution is -1.96. The Bertz CT molecular complexity index is 868. The van der Waals surface area contributed by atoms with Gasteiger partial charge in [0.05, 0.1) is 21.3 Å². The predicted octanol–water partition coefficient (Wildman–Crippen LogP) is 3.95. The van der Waals surface area contributed by atoms with Crippen LogP contribution in [0.4, 0.5) is 0 Å². The van der Waals surface area contributed by atoms with Gasteiger partial charge < -0.3 is 10.2 Å². The molecule has 0 aliphatic rings. The van der Waals surface area contributed by atoms with Gasteiger partial charge in [0.25, 0.3) is 0 Å². The van der Waals surface area contributed by atoms with E-state index < -0.39 is 5.97 Å². The number of thiazole rings is 2. The third kappa shape index (κ3) is 2.60. The van der Waals surface area contributed by atoms with Crippen LogP contribution >= 0.6 is 22.7 Å². The van der Waals surface area contributed by atoms with Crippen LogP contribution in [0.5, 0.6) is 5.75 Å². The Labute approximate surface area is 134 Å². The summed E-state index contributed by atoms with van der Waals surface area (Å²) >= 11 is 3.02. The SMILES string of the molecule is Cc1nc(C)c(-c2csc(-c3ccc(O)c(C(=O)O)c3)n2)s1. The Balaban J connectivity index is 2.03. The van der Waals surface area contributed by atoms with Crippen molar-refractivity contribution in [3.8, 4) is 26.9 Å². The molecule has 0 saturated heterocycles. The lowest BCUT2D eigenvalue weighted by atomic mass is 10.1. The molecule has 0 atom stereocenters. The van der Waals surface area contributed by atoms with Crippen molar-refractivity contribution >= 4 is 28.6 Å². The molecule has 0 aliphatic carbocycles. The van der Waals surface area contributed by atoms with E-state index in [1.165, 1.54) is 23.5 Å². The first kappa shape index (κ1) is 14.7. The van der Waals surface area contributed by atoms with Gasteiger partial charge in [-0.2, -0.15) is 0 Å². The molecular weight excluding hydrogens is 320 g/mol. The highest BCUT2D eigenvalue weighted by atomic mass is 32.1. The fourth-order valence-electron chi connectivity index (χ4n) is 2.12. The van der Waals surface area contributed by atoms with Crippen LogP contribution in [0, 0.1) is 13.8 Å². The Morgan fingerprint density at radius 1 is 1.23 bits per heavy atom. The molecule has 0 radical (unpaired) electrons. The molecule has 0 amide bonds. The standard InChI is InChI=1S/C15H12N2O3S2/c1-7-13(22-8(2)16-7)11-6-21-14(17-11)9-3-4-12(18)10(5-9)15(19)20/h3-6,18H,1-2H3,(H,19,20). The number of carbonyl (C=O) groups is 1. The third-order valence-electron chi connectivity index (χ3n) is 3.11. The van der Waals surface area contributed by atoms with Crippen molar-refractivity contribution < 1.29 is 15.0 Å². The minimum atomic E-state index is -1.16. The van der Waals surface area contributed by atoms with Gasteiger partial charge >= 0.3 is 5.97 Å². The molecule has 0 aliphatic heterocycles. The van der Waals surface area contributed by atoms with Crippen molar-refractivity contribution in [1.29, 1.82) is 0 Å². The molecule has 5 nitrogen and oxygen atoms in total. The van der Waals surface area contributed by atoms with Crippen LogP contribution in [-0.2, 0) is 0 Å². The molecular formula is C15H12N2O3S2. The van der Waals surface area contributed by atoms with E-state index in [1.54, 1.807) is 17.4 Å². The van der Waals surface area contributed by atoms with Crippen molar-refractivity contribution in [3.05, 3.63) is 39.8 Å². The molecule has 2 heterocycles. The molecule has 3 rings (SSSR count). The van der Waals surface area contributed by atoms with Crippen LogP contribution < -0.4 is 0 Å². The maximum atomic E-state index is 11.1. The van der Waals surface area contributed by atoms with Gasteiger partial charge in [0.1, 0.15) is 16.3 Å². The summed E-state index contributed by atoms with van der Waals surface area (Å²) in [7, 11) is 0. The first-order chi connectivity index (χ1) is 10.5. The fraction of sp³-hybridized carbons (Fsp3) is 0.133. The zero-order chi connectivity index (χ0) is 15.9. The Hall–Kier alpha value is -2.25. The average molecular weight is 332 g/mol. The molecule has 112 valence electrons. The number of aromatic nitrogens is 2. The number of carboxylic acids is 1. The molecule has 7 heteroatoms. The molecule has 0 bridgehead atoms. The summed E-state index contributed by atoms with van der Waals surface area (Å²) < 4.78 is 0. The van der Waals surface area contributed by atoms with E-state index in [-0.39, 0.29) is 11.3 Å². The largest absolute Gasteiger partial charge is 0.507 e. The lowest BCUT2D eigenvalue weighted by Gasteiger charge is -2.01. The third-order valence-corrected chi connectivity index (χ3v) is 5.10. The van der Waals surface area contributed by atoms with E-state index in [9.17, 15) is 9.90 Å². The minimum absolute atomic E-state index is 0.126. The van der Waals surface area contributed by atoms with Crippen molar-refractivity contribution in [2.24, 2.45) is 0 Å². The minimum Gasteiger partial charge on any atom is -0.507 e. The number of nitrogens with zero attached hydrogens (tertiary/aromatic N) is 2. The van der Waals surface area contributed by atoms with Crippen molar-refractivity contribution in [3.63, 3.8) is 0 Å². The second-order valence-electron chi connectivity index (χ2n) is 4.72. The molecule has 2 aromatic heterocycles. The van der Waals surface area contributed by atoms with Crippen LogP contribution in [0.25, 0.3) is 21.1 Å². The topological polar surface area (TPSA) is 83.3 Å². The molecule has 0 unspecified atom stereocenters. The van der Waals surface area contributed by atoms with Crippen LogP contribution in [0.15, 0.2) is 23.6 Å². The molecule has 22 heavy (non-hydrogen) atoms. The van der Waals surface area contributed by atoms with Crippen LogP contribution in [-0.4, -0.2) is 26.2 Å². The molecule has 0 saturated carbocycles. The average Bonchev–Trinajstić information content (AvgIpc) is 3.05. The first-order valence-electron chi connectivity index (χ1n) is 6.42. The van der Waals surface area contributed by atoms with Gasteiger partial charge in [-0.05, 0) is 32.0 Å². The summed E-state index contributed by atoms with van der Waals surface area (Å²) in [5.41, 5.74) is 2.33. The van der Waals surface area contributed by atoms with Gasteiger partial charge in [0.15, 0.2) is 0 Å². The fourth-order valence-corrected chi connectivity index (χ4v) is 3.88. The maximum absolute atomic E-state index is 11.1. The summed E-state index contributed by atoms with van der Waals surface area (Å²) in [6.45, 7) is 3.90. The van der Waals surface area contributed by atoms with Crippen molar-refractivity contribution in [2.75, 3.05) is 0 Å². The second-order valence-corrected chi connectivity index (χ2v) is 6.78. The number of aromatic carboxylic acids is 1. The number of benzene rings is 1. The number of aromatic hydroxyl groups is 1. The summed E-state index contributed by atoms with van der Waals surface area (Å²) in [5.74, 6) is -1.41. The number of hydrogen-bond donors (Lipinski definition) is 2. The van der Waals surface area contributed by atoms with E-state index in [0.29, 0.717) is 10.6 Å². The van der Waals surface area contributed by atoms with E-state index in [2.05, 4.69) is 9.97 Å². The van der Waals surface area contributed by atoms with Crippen LogP contribution in [0.1, 0.15) is 21.1 Å². The smallest absolute Gasteiger partial charge is 0.339 e. The van der Waals surface area contributed by atoms with Gasteiger partial charge in [-0.3, -0.25) is 0 Å². The predicted molar refractivity (Wildman–Crippen MR) is 86.8 cm³/mol. The summed E-state index contributed by atoms with van der Waals surface area (Å²) in [6, 6.07) is 4.47. The normalized spacial score (nSPS) is 10.8. The van der Waals surface area contributed by atoms with Gasteiger partial charge in [0.2, 0.25) is 0 Å². The molecule has 2 N–H and O–H groups in total. The highest BCUT2D eigenvalue weighted by Gasteiger charge is 2.15. The van der Waals surface area contributed by atoms with Crippen molar-refractivity contribution in [1.82, 2.24) is 9.97 Å². The summed E-state index contributed by atoms with van der Waals surface area (Å²) in [6.07, 6.45) is 0. The molecule has 1 aromatic carbocycles. The van der Waals surface area contributed by atoms with Gasteiger partial charge in [-0.15, -0.1) is 22.7 Å². The number of aryl methyl sites for hydroxylation is 2. The van der Waals surface area contributed by atoms with E-state index >= 15 is 0 Å². The summed E-state index contributed by atoms with van der Waals surface area (Å²) in [5, 5.41) is 22.3. The molecule has 3 aromatic rings. The zero-order valence-electron chi connectivity index (χ0n) is 11.8. The van der Waals surface area contributed by atoms with E-state index in [0.717, 1.165) is 21.3 Å². The number of hydrogen-bond acceptors (Lipinski definition) is 6. The van der Waals surface area contributed by atoms with Crippen molar-refractivity contribution in [2.45, 2.75) is 13.8 Å². The van der Waals surface area contributed by atoms with Gasteiger partial charge in [0, 0.05) is 10.9 Å². The van der Waals surface area contributed by atoms with E-state index in [1.807, 2.05) is 19.2 Å². The Morgan fingerprint density at radius 3 is 2.64 bits per heavy atom. The lowest BCUT2D eigenvalue weighted by molar-refractivity contribution is 0.0694. The Morgan fingerprint density at radius 2 is 2.00 bits per heavy atom. The van der Waals surface area contributed by atoms with Crippen LogP contribution in [0.3, 0.4) is 0 Å². The highest BCUT2D eigenvalue weighted by Crippen LogP contribution is 2.34.